The molecule has 4 rings (SSSR count). The fraction of sp³-hybridized carbons (Fsp3) is 0.500. The fourth-order valence-electron chi connectivity index (χ4n) is 5.23. The summed E-state index contributed by atoms with van der Waals surface area (Å²) in [4.78, 5) is 15.4. The van der Waals surface area contributed by atoms with Gasteiger partial charge in [-0.05, 0) is 43.0 Å². The number of hydrogen-bond donors (Lipinski definition) is 1. The summed E-state index contributed by atoms with van der Waals surface area (Å²) in [6.45, 7) is 0.943. The molecule has 0 radical (unpaired) electrons. The smallest absolute Gasteiger partial charge is 0.496 e. The fourth-order valence-corrected chi connectivity index (χ4v) is 5.23. The first-order chi connectivity index (χ1) is 16.4. The maximum Gasteiger partial charge on any atom is 0.573 e. The second-order valence-corrected chi connectivity index (χ2v) is 9.02. The van der Waals surface area contributed by atoms with Crippen LogP contribution in [0.3, 0.4) is 0 Å². The summed E-state index contributed by atoms with van der Waals surface area (Å²) < 4.78 is 47.5. The SMILES string of the molecule is COc1ccc(OC(F)(F)F)cc1CNC1CCN(C(=O)C2CCCCC2)C1c1ccccc1. The molecule has 1 aliphatic carbocycles. The molecule has 1 heterocycles. The van der Waals surface area contributed by atoms with Gasteiger partial charge in [-0.15, -0.1) is 13.2 Å². The molecule has 1 saturated heterocycles. The second-order valence-electron chi connectivity index (χ2n) is 9.02. The summed E-state index contributed by atoms with van der Waals surface area (Å²) in [6.07, 6.45) is 1.27. The van der Waals surface area contributed by atoms with Crippen molar-refractivity contribution in [3.8, 4) is 11.5 Å². The molecule has 2 aromatic rings. The zero-order valence-electron chi connectivity index (χ0n) is 19.3. The van der Waals surface area contributed by atoms with E-state index in [1.807, 2.05) is 35.2 Å². The Bertz CT molecular complexity index is 962. The van der Waals surface area contributed by atoms with Gasteiger partial charge in [0.2, 0.25) is 5.91 Å². The van der Waals surface area contributed by atoms with Crippen LogP contribution in [0.25, 0.3) is 0 Å². The Morgan fingerprint density at radius 2 is 1.79 bits per heavy atom. The van der Waals surface area contributed by atoms with Crippen molar-refractivity contribution in [3.05, 3.63) is 59.7 Å². The Labute approximate surface area is 198 Å². The van der Waals surface area contributed by atoms with Gasteiger partial charge in [-0.3, -0.25) is 4.79 Å². The molecule has 2 fully saturated rings. The van der Waals surface area contributed by atoms with E-state index in [0.717, 1.165) is 37.7 Å². The van der Waals surface area contributed by atoms with E-state index in [2.05, 4.69) is 10.1 Å². The molecule has 0 bridgehead atoms. The number of halogens is 3. The summed E-state index contributed by atoms with van der Waals surface area (Å²) >= 11 is 0. The predicted molar refractivity (Wildman–Crippen MR) is 122 cm³/mol. The summed E-state index contributed by atoms with van der Waals surface area (Å²) in [5, 5.41) is 3.49. The third kappa shape index (κ3) is 5.84. The maximum atomic E-state index is 13.4. The van der Waals surface area contributed by atoms with E-state index in [-0.39, 0.29) is 36.2 Å². The molecule has 2 aromatic carbocycles. The molecule has 0 spiro atoms. The molecule has 1 aliphatic heterocycles. The number of hydrogen-bond acceptors (Lipinski definition) is 4. The lowest BCUT2D eigenvalue weighted by atomic mass is 9.87. The molecule has 34 heavy (non-hydrogen) atoms. The maximum absolute atomic E-state index is 13.4. The van der Waals surface area contributed by atoms with Gasteiger partial charge in [0.05, 0.1) is 13.2 Å². The number of nitrogens with one attached hydrogen (secondary N) is 1. The van der Waals surface area contributed by atoms with Crippen LogP contribution in [-0.4, -0.2) is 36.9 Å². The summed E-state index contributed by atoms with van der Waals surface area (Å²) in [6, 6.07) is 13.8. The van der Waals surface area contributed by atoms with Gasteiger partial charge in [-0.25, -0.2) is 0 Å². The zero-order valence-corrected chi connectivity index (χ0v) is 19.3. The van der Waals surface area contributed by atoms with Crippen LogP contribution in [0.4, 0.5) is 13.2 Å². The molecule has 8 heteroatoms. The molecule has 184 valence electrons. The van der Waals surface area contributed by atoms with E-state index in [1.165, 1.54) is 31.7 Å². The molecule has 1 N–H and O–H groups in total. The van der Waals surface area contributed by atoms with Crippen molar-refractivity contribution in [1.29, 1.82) is 0 Å². The normalized spacial score (nSPS) is 21.5. The topological polar surface area (TPSA) is 50.8 Å². The number of amides is 1. The summed E-state index contributed by atoms with van der Waals surface area (Å²) in [5.74, 6) is 0.489. The number of ether oxygens (including phenoxy) is 2. The van der Waals surface area contributed by atoms with Gasteiger partial charge in [0, 0.05) is 30.6 Å². The monoisotopic (exact) mass is 476 g/mol. The largest absolute Gasteiger partial charge is 0.573 e. The van der Waals surface area contributed by atoms with Crippen molar-refractivity contribution in [2.75, 3.05) is 13.7 Å². The number of benzene rings is 2. The van der Waals surface area contributed by atoms with Crippen molar-refractivity contribution in [1.82, 2.24) is 10.2 Å². The number of alkyl halides is 3. The van der Waals surface area contributed by atoms with Crippen LogP contribution < -0.4 is 14.8 Å². The Hall–Kier alpha value is -2.74. The van der Waals surface area contributed by atoms with Gasteiger partial charge in [0.25, 0.3) is 0 Å². The molecule has 1 saturated carbocycles. The van der Waals surface area contributed by atoms with E-state index in [1.54, 1.807) is 0 Å². The van der Waals surface area contributed by atoms with Crippen LogP contribution in [0.15, 0.2) is 48.5 Å². The van der Waals surface area contributed by atoms with E-state index in [9.17, 15) is 18.0 Å². The Balaban J connectivity index is 1.53. The molecule has 0 aromatic heterocycles. The van der Waals surface area contributed by atoms with E-state index in [0.29, 0.717) is 17.9 Å². The number of methoxy groups -OCH3 is 1. The highest BCUT2D eigenvalue weighted by Crippen LogP contribution is 2.37. The zero-order chi connectivity index (χ0) is 24.1. The number of likely N-dealkylation sites (tertiary alicyclic amines) is 1. The minimum absolute atomic E-state index is 0.0353. The lowest BCUT2D eigenvalue weighted by molar-refractivity contribution is -0.274. The minimum Gasteiger partial charge on any atom is -0.496 e. The average Bonchev–Trinajstić information content (AvgIpc) is 3.26. The third-order valence-electron chi connectivity index (χ3n) is 6.82. The highest BCUT2D eigenvalue weighted by Gasteiger charge is 2.40. The van der Waals surface area contributed by atoms with E-state index >= 15 is 0 Å². The van der Waals surface area contributed by atoms with Gasteiger partial charge in [0.1, 0.15) is 11.5 Å². The van der Waals surface area contributed by atoms with Crippen LogP contribution in [0.5, 0.6) is 11.5 Å². The third-order valence-corrected chi connectivity index (χ3v) is 6.82. The highest BCUT2D eigenvalue weighted by molar-refractivity contribution is 5.80. The van der Waals surface area contributed by atoms with E-state index in [4.69, 9.17) is 4.74 Å². The Kier molecular flexibility index (Phi) is 7.66. The van der Waals surface area contributed by atoms with Crippen molar-refractivity contribution < 1.29 is 27.4 Å². The molecular weight excluding hydrogens is 445 g/mol. The van der Waals surface area contributed by atoms with Crippen LogP contribution in [-0.2, 0) is 11.3 Å². The molecule has 1 amide bonds. The quantitative estimate of drug-likeness (QED) is 0.565. The first-order valence-electron chi connectivity index (χ1n) is 11.9. The van der Waals surface area contributed by atoms with Crippen molar-refractivity contribution in [2.45, 2.75) is 63.5 Å². The van der Waals surface area contributed by atoms with Crippen molar-refractivity contribution in [2.24, 2.45) is 5.92 Å². The van der Waals surface area contributed by atoms with Crippen molar-refractivity contribution in [3.63, 3.8) is 0 Å². The van der Waals surface area contributed by atoms with Gasteiger partial charge in [0.15, 0.2) is 0 Å². The molecule has 2 unspecified atom stereocenters. The van der Waals surface area contributed by atoms with Gasteiger partial charge in [-0.2, -0.15) is 0 Å². The number of nitrogens with zero attached hydrogens (tertiary/aromatic N) is 1. The van der Waals surface area contributed by atoms with Gasteiger partial charge >= 0.3 is 6.36 Å². The van der Waals surface area contributed by atoms with Gasteiger partial charge < -0.3 is 19.7 Å². The molecule has 5 nitrogen and oxygen atoms in total. The minimum atomic E-state index is -4.76. The lowest BCUT2D eigenvalue weighted by Gasteiger charge is -2.33. The highest BCUT2D eigenvalue weighted by atomic mass is 19.4. The van der Waals surface area contributed by atoms with Crippen LogP contribution in [0, 0.1) is 5.92 Å². The van der Waals surface area contributed by atoms with Crippen LogP contribution in [0.2, 0.25) is 0 Å². The average molecular weight is 477 g/mol. The molecular formula is C26H31F3N2O3. The van der Waals surface area contributed by atoms with Crippen LogP contribution >= 0.6 is 0 Å². The number of rotatable bonds is 7. The molecule has 2 aliphatic rings. The predicted octanol–water partition coefficient (Wildman–Crippen LogP) is 5.61. The van der Waals surface area contributed by atoms with Crippen LogP contribution in [0.1, 0.15) is 55.7 Å². The first kappa shape index (κ1) is 24.4. The standard InChI is InChI=1S/C26H31F3N2O3/c1-33-23-13-12-21(34-26(27,28)29)16-20(23)17-30-22-14-15-31(24(22)18-8-4-2-5-9-18)25(32)19-10-6-3-7-11-19/h2,4-5,8-9,12-13,16,19,22,24,30H,3,6-7,10-11,14-15,17H2,1H3. The molecule has 2 atom stereocenters. The number of carbonyl (C=O) groups is 1. The summed E-state index contributed by atoms with van der Waals surface area (Å²) in [7, 11) is 1.48. The Morgan fingerprint density at radius 1 is 1.06 bits per heavy atom. The number of carbonyl (C=O) groups excluding carboxylic acids is 1. The summed E-state index contributed by atoms with van der Waals surface area (Å²) in [5.41, 5.74) is 1.62. The Morgan fingerprint density at radius 3 is 2.47 bits per heavy atom. The van der Waals surface area contributed by atoms with Crippen molar-refractivity contribution >= 4 is 5.91 Å². The second kappa shape index (κ2) is 10.7. The lowest BCUT2D eigenvalue weighted by Crippen LogP contribution is -2.41. The van der Waals surface area contributed by atoms with Gasteiger partial charge in [-0.1, -0.05) is 49.6 Å². The van der Waals surface area contributed by atoms with E-state index < -0.39 is 6.36 Å². The first-order valence-corrected chi connectivity index (χ1v) is 11.9.